The zero-order chi connectivity index (χ0) is 25.6. The molecule has 3 fully saturated rings. The number of sulfonamides is 1. The molecule has 1 saturated heterocycles. The van der Waals surface area contributed by atoms with Gasteiger partial charge in [0.15, 0.2) is 11.5 Å². The third-order valence-electron chi connectivity index (χ3n) is 9.90. The first-order valence-corrected chi connectivity index (χ1v) is 15.3. The zero-order valence-electron chi connectivity index (χ0n) is 21.6. The number of methoxy groups -OCH3 is 1. The number of hydrogen-bond donors (Lipinski definition) is 2. The molecule has 8 heteroatoms. The Bertz CT molecular complexity index is 1360. The van der Waals surface area contributed by atoms with E-state index in [4.69, 9.17) is 9.47 Å². The van der Waals surface area contributed by atoms with E-state index < -0.39 is 33.2 Å². The average molecular weight is 525 g/mol. The molecular formula is C29H36N2O5S. The van der Waals surface area contributed by atoms with Gasteiger partial charge in [0.05, 0.1) is 29.9 Å². The summed E-state index contributed by atoms with van der Waals surface area (Å²) in [6, 6.07) is 11.3. The van der Waals surface area contributed by atoms with E-state index in [1.54, 1.807) is 7.11 Å². The van der Waals surface area contributed by atoms with Gasteiger partial charge in [-0.05, 0) is 80.7 Å². The molecule has 1 spiro atoms. The second-order valence-corrected chi connectivity index (χ2v) is 13.7. The fourth-order valence-corrected chi connectivity index (χ4v) is 9.52. The van der Waals surface area contributed by atoms with E-state index in [2.05, 4.69) is 15.7 Å². The molecule has 0 unspecified atom stereocenters. The molecular weight excluding hydrogens is 488 g/mol. The Morgan fingerprint density at radius 1 is 1.16 bits per heavy atom. The van der Waals surface area contributed by atoms with Crippen molar-refractivity contribution in [2.45, 2.75) is 80.4 Å². The van der Waals surface area contributed by atoms with Crippen LogP contribution in [-0.4, -0.2) is 62.4 Å². The van der Waals surface area contributed by atoms with Gasteiger partial charge < -0.3 is 14.6 Å². The Hall–Kier alpha value is -2.13. The molecule has 5 aliphatic rings. The van der Waals surface area contributed by atoms with E-state index >= 15 is 0 Å². The molecule has 2 N–H and O–H groups in total. The molecule has 0 amide bonds. The van der Waals surface area contributed by atoms with Gasteiger partial charge in [0.2, 0.25) is 10.0 Å². The Labute approximate surface area is 219 Å². The summed E-state index contributed by atoms with van der Waals surface area (Å²) in [5.41, 5.74) is 2.41. The van der Waals surface area contributed by atoms with E-state index in [1.807, 2.05) is 37.3 Å². The van der Waals surface area contributed by atoms with Crippen molar-refractivity contribution in [3.05, 3.63) is 58.7 Å². The standard InChI is InChI=1S/C29H36N2O5S/c1-18-5-3-4-6-21(18)17-37(33,34)30-22-11-12-29(32)24-15-20-9-10-23(35-2)26-25(20)28(29,27(22)36-26)13-14-31(24)16-19-7-8-19/h3-6,9-10,19,22,24,27,30,32H,7-8,11-17H2,1-2H3/t22-,24+,27-,28-,29+/m0/s1. The van der Waals surface area contributed by atoms with E-state index in [0.29, 0.717) is 24.3 Å². The molecule has 2 bridgehead atoms. The molecule has 5 atom stereocenters. The molecule has 2 aromatic rings. The highest BCUT2D eigenvalue weighted by Gasteiger charge is 2.73. The van der Waals surface area contributed by atoms with Crippen LogP contribution >= 0.6 is 0 Å². The summed E-state index contributed by atoms with van der Waals surface area (Å²) in [4.78, 5) is 2.52. The van der Waals surface area contributed by atoms with Crippen LogP contribution in [0, 0.1) is 12.8 Å². The van der Waals surface area contributed by atoms with Crippen LogP contribution in [0.2, 0.25) is 0 Å². The Morgan fingerprint density at radius 2 is 1.97 bits per heavy atom. The lowest BCUT2D eigenvalue weighted by Crippen LogP contribution is -2.78. The van der Waals surface area contributed by atoms with Crippen molar-refractivity contribution in [3.8, 4) is 11.5 Å². The van der Waals surface area contributed by atoms with Crippen LogP contribution in [0.1, 0.15) is 54.4 Å². The number of aliphatic hydroxyl groups is 1. The highest BCUT2D eigenvalue weighted by atomic mass is 32.2. The van der Waals surface area contributed by atoms with Crippen molar-refractivity contribution >= 4 is 10.0 Å². The number of nitrogens with zero attached hydrogens (tertiary/aromatic N) is 1. The molecule has 2 saturated carbocycles. The number of piperidine rings is 1. The maximum atomic E-state index is 13.4. The third-order valence-corrected chi connectivity index (χ3v) is 11.3. The Kier molecular flexibility index (Phi) is 5.30. The summed E-state index contributed by atoms with van der Waals surface area (Å²) in [7, 11) is -1.99. The summed E-state index contributed by atoms with van der Waals surface area (Å²) < 4.78 is 42.3. The quantitative estimate of drug-likeness (QED) is 0.579. The number of nitrogens with one attached hydrogen (secondary N) is 1. The molecule has 7 nitrogen and oxygen atoms in total. The van der Waals surface area contributed by atoms with Gasteiger partial charge in [-0.3, -0.25) is 4.90 Å². The highest BCUT2D eigenvalue weighted by Crippen LogP contribution is 2.65. The van der Waals surface area contributed by atoms with Crippen LogP contribution in [0.4, 0.5) is 0 Å². The number of benzene rings is 2. The fraction of sp³-hybridized carbons (Fsp3) is 0.586. The summed E-state index contributed by atoms with van der Waals surface area (Å²) in [5, 5.41) is 12.6. The molecule has 7 rings (SSSR count). The molecule has 2 aliphatic heterocycles. The van der Waals surface area contributed by atoms with Gasteiger partial charge in [0.1, 0.15) is 6.10 Å². The molecule has 0 radical (unpaired) electrons. The van der Waals surface area contributed by atoms with Crippen molar-refractivity contribution in [1.82, 2.24) is 9.62 Å². The minimum atomic E-state index is -3.63. The second kappa shape index (κ2) is 8.18. The minimum Gasteiger partial charge on any atom is -0.493 e. The normalized spacial score (nSPS) is 34.1. The topological polar surface area (TPSA) is 88.1 Å². The van der Waals surface area contributed by atoms with Crippen LogP contribution in [0.3, 0.4) is 0 Å². The van der Waals surface area contributed by atoms with Gasteiger partial charge in [-0.1, -0.05) is 30.3 Å². The van der Waals surface area contributed by atoms with Gasteiger partial charge in [0, 0.05) is 18.2 Å². The number of ether oxygens (including phenoxy) is 2. The first-order chi connectivity index (χ1) is 17.8. The Morgan fingerprint density at radius 3 is 2.73 bits per heavy atom. The van der Waals surface area contributed by atoms with Crippen molar-refractivity contribution < 1.29 is 23.0 Å². The zero-order valence-corrected chi connectivity index (χ0v) is 22.4. The lowest BCUT2D eigenvalue weighted by molar-refractivity contribution is -0.190. The van der Waals surface area contributed by atoms with E-state index in [9.17, 15) is 13.5 Å². The van der Waals surface area contributed by atoms with Crippen molar-refractivity contribution in [3.63, 3.8) is 0 Å². The number of likely N-dealkylation sites (tertiary alicyclic amines) is 1. The molecule has 198 valence electrons. The van der Waals surface area contributed by atoms with Gasteiger partial charge in [0.25, 0.3) is 0 Å². The summed E-state index contributed by atoms with van der Waals surface area (Å²) in [6.07, 6.45) is 4.70. The predicted octanol–water partition coefficient (Wildman–Crippen LogP) is 3.06. The van der Waals surface area contributed by atoms with Crippen LogP contribution in [0.5, 0.6) is 11.5 Å². The second-order valence-electron chi connectivity index (χ2n) is 11.9. The van der Waals surface area contributed by atoms with Gasteiger partial charge >= 0.3 is 0 Å². The first kappa shape index (κ1) is 23.9. The first-order valence-electron chi connectivity index (χ1n) is 13.6. The van der Waals surface area contributed by atoms with Crippen LogP contribution in [0.15, 0.2) is 36.4 Å². The molecule has 3 aliphatic carbocycles. The predicted molar refractivity (Wildman–Crippen MR) is 140 cm³/mol. The summed E-state index contributed by atoms with van der Waals surface area (Å²) in [6.45, 7) is 3.87. The third kappa shape index (κ3) is 3.45. The van der Waals surface area contributed by atoms with Gasteiger partial charge in [-0.25, -0.2) is 13.1 Å². The molecule has 2 aromatic carbocycles. The van der Waals surface area contributed by atoms with Gasteiger partial charge in [-0.2, -0.15) is 0 Å². The van der Waals surface area contributed by atoms with E-state index in [0.717, 1.165) is 48.5 Å². The van der Waals surface area contributed by atoms with Gasteiger partial charge in [-0.15, -0.1) is 0 Å². The lowest BCUT2D eigenvalue weighted by Gasteiger charge is -2.64. The van der Waals surface area contributed by atoms with Crippen LogP contribution in [0.25, 0.3) is 0 Å². The number of aryl methyl sites for hydroxylation is 1. The summed E-state index contributed by atoms with van der Waals surface area (Å²) in [5.74, 6) is 2.03. The van der Waals surface area contributed by atoms with Crippen molar-refractivity contribution in [2.75, 3.05) is 20.2 Å². The maximum Gasteiger partial charge on any atom is 0.216 e. The molecule has 0 aromatic heterocycles. The number of hydrogen-bond acceptors (Lipinski definition) is 6. The van der Waals surface area contributed by atoms with E-state index in [-0.39, 0.29) is 11.8 Å². The smallest absolute Gasteiger partial charge is 0.216 e. The number of rotatable bonds is 7. The molecule has 37 heavy (non-hydrogen) atoms. The fourth-order valence-electron chi connectivity index (χ4n) is 8.00. The largest absolute Gasteiger partial charge is 0.493 e. The molecule has 2 heterocycles. The van der Waals surface area contributed by atoms with Crippen molar-refractivity contribution in [2.24, 2.45) is 5.92 Å². The van der Waals surface area contributed by atoms with Crippen molar-refractivity contribution in [1.29, 1.82) is 0 Å². The minimum absolute atomic E-state index is 0.0179. The average Bonchev–Trinajstić information content (AvgIpc) is 3.61. The van der Waals surface area contributed by atoms with Crippen LogP contribution in [-0.2, 0) is 27.6 Å². The highest BCUT2D eigenvalue weighted by molar-refractivity contribution is 7.88. The monoisotopic (exact) mass is 524 g/mol. The Balaban J connectivity index is 1.28. The maximum absolute atomic E-state index is 13.4. The van der Waals surface area contributed by atoms with Crippen LogP contribution < -0.4 is 14.2 Å². The summed E-state index contributed by atoms with van der Waals surface area (Å²) >= 11 is 0. The SMILES string of the molecule is COc1ccc2c3c1O[C@H]1[C@@H](NS(=O)(=O)Cc4ccccc4C)CC[C@@]4(O)[C@@H](C2)N(CC2CC2)CC[C@]314. The lowest BCUT2D eigenvalue weighted by atomic mass is 9.48. The van der Waals surface area contributed by atoms with E-state index in [1.165, 1.54) is 18.4 Å².